The second-order valence-electron chi connectivity index (χ2n) is 4.24. The number of thioether (sulfide) groups is 1. The van der Waals surface area contributed by atoms with Gasteiger partial charge in [-0.15, -0.1) is 11.3 Å². The Hall–Kier alpha value is -1.98. The minimum absolute atomic E-state index is 0.149. The standard InChI is InChI=1S/C16H10FNOS2/c17-12-7-5-11(6-8-12)14(19)9-10-20-16-18-13-3-1-2-4-15(13)21-16/h1-10H. The first kappa shape index (κ1) is 14.0. The zero-order chi connectivity index (χ0) is 14.7. The molecule has 0 spiro atoms. The van der Waals surface area contributed by atoms with Crippen LogP contribution in [0.1, 0.15) is 10.4 Å². The first-order valence-corrected chi connectivity index (χ1v) is 7.91. The van der Waals surface area contributed by atoms with Crippen LogP contribution in [0, 0.1) is 5.82 Å². The molecule has 2 nitrogen and oxygen atoms in total. The van der Waals surface area contributed by atoms with Crippen molar-refractivity contribution in [3.63, 3.8) is 0 Å². The Morgan fingerprint density at radius 1 is 1.14 bits per heavy atom. The van der Waals surface area contributed by atoms with E-state index in [1.54, 1.807) is 16.7 Å². The molecule has 0 saturated heterocycles. The Morgan fingerprint density at radius 3 is 2.67 bits per heavy atom. The highest BCUT2D eigenvalue weighted by Crippen LogP contribution is 2.29. The van der Waals surface area contributed by atoms with Gasteiger partial charge in [0, 0.05) is 5.56 Å². The van der Waals surface area contributed by atoms with Crippen molar-refractivity contribution in [1.82, 2.24) is 4.98 Å². The van der Waals surface area contributed by atoms with Crippen LogP contribution in [0.4, 0.5) is 4.39 Å². The lowest BCUT2D eigenvalue weighted by Gasteiger charge is -1.94. The van der Waals surface area contributed by atoms with E-state index in [4.69, 9.17) is 0 Å². The fraction of sp³-hybridized carbons (Fsp3) is 0. The molecule has 3 aromatic rings. The molecule has 1 heterocycles. The summed E-state index contributed by atoms with van der Waals surface area (Å²) in [4.78, 5) is 16.3. The van der Waals surface area contributed by atoms with E-state index >= 15 is 0 Å². The fourth-order valence-corrected chi connectivity index (χ4v) is 3.55. The Kier molecular flexibility index (Phi) is 4.13. The van der Waals surface area contributed by atoms with Gasteiger partial charge in [-0.2, -0.15) is 0 Å². The summed E-state index contributed by atoms with van der Waals surface area (Å²) >= 11 is 2.99. The van der Waals surface area contributed by atoms with E-state index in [1.165, 1.54) is 42.1 Å². The average molecular weight is 315 g/mol. The van der Waals surface area contributed by atoms with Crippen LogP contribution in [0.2, 0.25) is 0 Å². The maximum absolute atomic E-state index is 12.8. The molecule has 0 N–H and O–H groups in total. The van der Waals surface area contributed by atoms with Crippen LogP contribution in [-0.2, 0) is 0 Å². The van der Waals surface area contributed by atoms with Gasteiger partial charge >= 0.3 is 0 Å². The number of fused-ring (bicyclic) bond motifs is 1. The number of thiazole rings is 1. The Balaban J connectivity index is 1.68. The summed E-state index contributed by atoms with van der Waals surface area (Å²) in [6, 6.07) is 13.4. The molecule has 5 heteroatoms. The van der Waals surface area contributed by atoms with E-state index in [2.05, 4.69) is 4.98 Å². The number of para-hydroxylation sites is 1. The minimum Gasteiger partial charge on any atom is -0.289 e. The number of halogens is 1. The molecule has 0 saturated carbocycles. The van der Waals surface area contributed by atoms with Crippen LogP contribution < -0.4 is 0 Å². The minimum atomic E-state index is -0.348. The molecular formula is C16H10FNOS2. The van der Waals surface area contributed by atoms with E-state index < -0.39 is 0 Å². The third-order valence-corrected chi connectivity index (χ3v) is 4.73. The number of carbonyl (C=O) groups excluding carboxylic acids is 1. The molecule has 104 valence electrons. The van der Waals surface area contributed by atoms with E-state index in [1.807, 2.05) is 24.3 Å². The van der Waals surface area contributed by atoms with Crippen molar-refractivity contribution in [2.75, 3.05) is 0 Å². The summed E-state index contributed by atoms with van der Waals surface area (Å²) < 4.78 is 14.8. The Morgan fingerprint density at radius 2 is 1.90 bits per heavy atom. The van der Waals surface area contributed by atoms with Crippen molar-refractivity contribution >= 4 is 39.1 Å². The highest BCUT2D eigenvalue weighted by atomic mass is 32.2. The average Bonchev–Trinajstić information content (AvgIpc) is 2.90. The highest BCUT2D eigenvalue weighted by Gasteiger charge is 2.04. The molecule has 0 aliphatic rings. The Labute approximate surface area is 129 Å². The highest BCUT2D eigenvalue weighted by molar-refractivity contribution is 8.03. The predicted octanol–water partition coefficient (Wildman–Crippen LogP) is 4.92. The van der Waals surface area contributed by atoms with Crippen LogP contribution in [0.5, 0.6) is 0 Å². The van der Waals surface area contributed by atoms with Crippen molar-refractivity contribution in [1.29, 1.82) is 0 Å². The van der Waals surface area contributed by atoms with Crippen molar-refractivity contribution in [2.24, 2.45) is 0 Å². The summed E-state index contributed by atoms with van der Waals surface area (Å²) in [6.07, 6.45) is 1.48. The molecule has 3 rings (SSSR count). The van der Waals surface area contributed by atoms with Crippen molar-refractivity contribution in [3.8, 4) is 0 Å². The van der Waals surface area contributed by atoms with Gasteiger partial charge in [-0.1, -0.05) is 23.9 Å². The van der Waals surface area contributed by atoms with Gasteiger partial charge in [-0.05, 0) is 47.9 Å². The molecule has 2 aromatic carbocycles. The lowest BCUT2D eigenvalue weighted by atomic mass is 10.1. The molecule has 0 amide bonds. The molecule has 0 aliphatic carbocycles. The largest absolute Gasteiger partial charge is 0.289 e. The van der Waals surface area contributed by atoms with E-state index in [0.717, 1.165) is 14.6 Å². The lowest BCUT2D eigenvalue weighted by molar-refractivity contribution is 0.104. The quantitative estimate of drug-likeness (QED) is 0.389. The van der Waals surface area contributed by atoms with Crippen molar-refractivity contribution in [2.45, 2.75) is 4.34 Å². The van der Waals surface area contributed by atoms with E-state index in [0.29, 0.717) is 5.56 Å². The summed E-state index contributed by atoms with van der Waals surface area (Å²) in [5, 5.41) is 1.71. The fourth-order valence-electron chi connectivity index (χ4n) is 1.77. The molecule has 0 unspecified atom stereocenters. The molecule has 0 aliphatic heterocycles. The maximum Gasteiger partial charge on any atom is 0.186 e. The van der Waals surface area contributed by atoms with Gasteiger partial charge in [-0.3, -0.25) is 4.79 Å². The van der Waals surface area contributed by atoms with Crippen LogP contribution in [0.25, 0.3) is 10.2 Å². The number of nitrogens with zero attached hydrogens (tertiary/aromatic N) is 1. The van der Waals surface area contributed by atoms with Crippen LogP contribution in [0.15, 0.2) is 64.4 Å². The molecular weight excluding hydrogens is 305 g/mol. The van der Waals surface area contributed by atoms with Gasteiger partial charge in [0.1, 0.15) is 5.82 Å². The summed E-state index contributed by atoms with van der Waals surface area (Å²) in [7, 11) is 0. The normalized spacial score (nSPS) is 11.3. The maximum atomic E-state index is 12.8. The van der Waals surface area contributed by atoms with Crippen molar-refractivity contribution < 1.29 is 9.18 Å². The molecule has 0 atom stereocenters. The molecule has 0 bridgehead atoms. The number of aromatic nitrogens is 1. The molecule has 0 radical (unpaired) electrons. The SMILES string of the molecule is O=C(C=CSc1nc2ccccc2s1)c1ccc(F)cc1. The van der Waals surface area contributed by atoms with Crippen LogP contribution >= 0.6 is 23.1 Å². The van der Waals surface area contributed by atoms with Crippen LogP contribution in [0.3, 0.4) is 0 Å². The molecule has 21 heavy (non-hydrogen) atoms. The lowest BCUT2D eigenvalue weighted by Crippen LogP contribution is -1.93. The van der Waals surface area contributed by atoms with Gasteiger partial charge in [0.05, 0.1) is 10.2 Å². The third-order valence-electron chi connectivity index (χ3n) is 2.79. The third kappa shape index (κ3) is 3.37. The van der Waals surface area contributed by atoms with Gasteiger partial charge in [0.25, 0.3) is 0 Å². The molecule has 1 aromatic heterocycles. The van der Waals surface area contributed by atoms with Gasteiger partial charge in [-0.25, -0.2) is 9.37 Å². The number of carbonyl (C=O) groups is 1. The zero-order valence-electron chi connectivity index (χ0n) is 10.8. The molecule has 0 fully saturated rings. The Bertz CT molecular complexity index is 776. The first-order valence-electron chi connectivity index (χ1n) is 6.21. The summed E-state index contributed by atoms with van der Waals surface area (Å²) in [6.45, 7) is 0. The second-order valence-corrected chi connectivity index (χ2v) is 6.42. The van der Waals surface area contributed by atoms with Gasteiger partial charge in [0.15, 0.2) is 10.1 Å². The number of benzene rings is 2. The topological polar surface area (TPSA) is 30.0 Å². The van der Waals surface area contributed by atoms with Gasteiger partial charge in [0.2, 0.25) is 0 Å². The summed E-state index contributed by atoms with van der Waals surface area (Å²) in [5.74, 6) is -0.497. The summed E-state index contributed by atoms with van der Waals surface area (Å²) in [5.41, 5.74) is 1.43. The van der Waals surface area contributed by atoms with E-state index in [9.17, 15) is 9.18 Å². The van der Waals surface area contributed by atoms with Gasteiger partial charge < -0.3 is 0 Å². The predicted molar refractivity (Wildman–Crippen MR) is 85.3 cm³/mol. The number of rotatable bonds is 4. The van der Waals surface area contributed by atoms with Crippen molar-refractivity contribution in [3.05, 3.63) is 71.4 Å². The second kappa shape index (κ2) is 6.20. The number of allylic oxidation sites excluding steroid dienone is 1. The number of ketones is 1. The smallest absolute Gasteiger partial charge is 0.186 e. The number of hydrogen-bond donors (Lipinski definition) is 0. The zero-order valence-corrected chi connectivity index (χ0v) is 12.5. The monoisotopic (exact) mass is 315 g/mol. The van der Waals surface area contributed by atoms with Crippen LogP contribution in [-0.4, -0.2) is 10.8 Å². The first-order chi connectivity index (χ1) is 10.2. The number of hydrogen-bond acceptors (Lipinski definition) is 4. The van der Waals surface area contributed by atoms with E-state index in [-0.39, 0.29) is 11.6 Å².